The molecule has 0 amide bonds. The van der Waals surface area contributed by atoms with E-state index in [1.807, 2.05) is 0 Å². The number of methoxy groups -OCH3 is 2. The maximum absolute atomic E-state index is 12.0. The first-order chi connectivity index (χ1) is 11.1. The fourth-order valence-electron chi connectivity index (χ4n) is 1.77. The molecule has 0 saturated carbocycles. The van der Waals surface area contributed by atoms with E-state index in [4.69, 9.17) is 9.47 Å². The highest BCUT2D eigenvalue weighted by Crippen LogP contribution is 2.17. The van der Waals surface area contributed by atoms with Crippen molar-refractivity contribution in [3.8, 4) is 11.5 Å². The van der Waals surface area contributed by atoms with Gasteiger partial charge in [-0.3, -0.25) is 0 Å². The highest BCUT2D eigenvalue weighted by molar-refractivity contribution is 5.91. The Hall–Kier alpha value is -3.08. The van der Waals surface area contributed by atoms with E-state index in [0.717, 1.165) is 5.56 Å². The van der Waals surface area contributed by atoms with Crippen LogP contribution in [-0.4, -0.2) is 26.2 Å². The van der Waals surface area contributed by atoms with Crippen LogP contribution in [0.5, 0.6) is 11.5 Å². The van der Waals surface area contributed by atoms with E-state index >= 15 is 0 Å². The third-order valence-corrected chi connectivity index (χ3v) is 3.03. The lowest BCUT2D eigenvalue weighted by molar-refractivity contribution is -0.134. The number of hydrogen-bond acceptors (Lipinski definition) is 5. The Labute approximate surface area is 134 Å². The Balaban J connectivity index is 2.00. The average molecular weight is 312 g/mol. The molecule has 0 fully saturated rings. The molecule has 0 saturated heterocycles. The van der Waals surface area contributed by atoms with Crippen molar-refractivity contribution in [3.05, 3.63) is 65.7 Å². The van der Waals surface area contributed by atoms with Gasteiger partial charge in [0.1, 0.15) is 11.5 Å². The van der Waals surface area contributed by atoms with Crippen LogP contribution >= 0.6 is 0 Å². The van der Waals surface area contributed by atoms with Gasteiger partial charge in [0.2, 0.25) is 0 Å². The number of benzene rings is 2. The number of carbonyl (C=O) groups is 2. The summed E-state index contributed by atoms with van der Waals surface area (Å²) in [5, 5.41) is 0. The topological polar surface area (TPSA) is 61.8 Å². The molecule has 2 aromatic carbocycles. The summed E-state index contributed by atoms with van der Waals surface area (Å²) < 4.78 is 14.8. The second-order valence-corrected chi connectivity index (χ2v) is 4.54. The van der Waals surface area contributed by atoms with Crippen molar-refractivity contribution in [1.29, 1.82) is 0 Å². The van der Waals surface area contributed by atoms with E-state index in [-0.39, 0.29) is 0 Å². The third kappa shape index (κ3) is 4.71. The highest BCUT2D eigenvalue weighted by Gasteiger charge is 2.08. The smallest absolute Gasteiger partial charge is 0.343 e. The third-order valence-electron chi connectivity index (χ3n) is 3.03. The molecule has 5 nitrogen and oxygen atoms in total. The number of hydrogen-bond donors (Lipinski definition) is 0. The predicted octanol–water partition coefficient (Wildman–Crippen LogP) is 3.10. The first-order valence-electron chi connectivity index (χ1n) is 6.84. The molecule has 0 heterocycles. The van der Waals surface area contributed by atoms with Crippen LogP contribution in [0.4, 0.5) is 0 Å². The summed E-state index contributed by atoms with van der Waals surface area (Å²) in [5.74, 6) is 0.204. The largest absolute Gasteiger partial charge is 0.497 e. The van der Waals surface area contributed by atoms with Gasteiger partial charge >= 0.3 is 11.9 Å². The molecule has 0 unspecified atom stereocenters. The molecule has 0 atom stereocenters. The molecule has 0 aromatic heterocycles. The maximum atomic E-state index is 12.0. The lowest BCUT2D eigenvalue weighted by atomic mass is 10.2. The molecule has 0 aliphatic carbocycles. The van der Waals surface area contributed by atoms with Crippen LogP contribution in [0.15, 0.2) is 54.6 Å². The molecule has 0 spiro atoms. The molecule has 0 N–H and O–H groups in total. The van der Waals surface area contributed by atoms with Gasteiger partial charge in [0, 0.05) is 6.08 Å². The van der Waals surface area contributed by atoms with Gasteiger partial charge in [-0.1, -0.05) is 12.1 Å². The zero-order valence-electron chi connectivity index (χ0n) is 12.8. The van der Waals surface area contributed by atoms with E-state index < -0.39 is 11.9 Å². The van der Waals surface area contributed by atoms with Crippen LogP contribution in [0.3, 0.4) is 0 Å². The minimum Gasteiger partial charge on any atom is -0.497 e. The van der Waals surface area contributed by atoms with Gasteiger partial charge in [-0.25, -0.2) is 9.59 Å². The minimum absolute atomic E-state index is 0.418. The molecule has 5 heteroatoms. The van der Waals surface area contributed by atoms with Crippen LogP contribution in [0.25, 0.3) is 6.08 Å². The fourth-order valence-corrected chi connectivity index (χ4v) is 1.77. The van der Waals surface area contributed by atoms with Crippen LogP contribution in [0, 0.1) is 0 Å². The lowest BCUT2D eigenvalue weighted by Gasteiger charge is -2.05. The van der Waals surface area contributed by atoms with Crippen molar-refractivity contribution in [3.63, 3.8) is 0 Å². The van der Waals surface area contributed by atoms with Crippen molar-refractivity contribution >= 4 is 18.0 Å². The van der Waals surface area contributed by atoms with Crippen molar-refractivity contribution in [2.24, 2.45) is 0 Å². The monoisotopic (exact) mass is 312 g/mol. The van der Waals surface area contributed by atoms with Gasteiger partial charge in [0.15, 0.2) is 0 Å². The minimum atomic E-state index is -0.453. The zero-order chi connectivity index (χ0) is 16.7. The SMILES string of the molecule is COC(=O)C=Cc1ccc(OC(=O)c2ccc(OC)cc2)cc1. The Morgan fingerprint density at radius 2 is 1.48 bits per heavy atom. The molecule has 0 bridgehead atoms. The molecular weight excluding hydrogens is 296 g/mol. The van der Waals surface area contributed by atoms with Gasteiger partial charge in [-0.2, -0.15) is 0 Å². The Kier molecular flexibility index (Phi) is 5.52. The highest BCUT2D eigenvalue weighted by atomic mass is 16.5. The summed E-state index contributed by atoms with van der Waals surface area (Å²) in [7, 11) is 2.87. The lowest BCUT2D eigenvalue weighted by Crippen LogP contribution is -2.08. The van der Waals surface area contributed by atoms with Crippen molar-refractivity contribution in [2.75, 3.05) is 14.2 Å². The second-order valence-electron chi connectivity index (χ2n) is 4.54. The molecule has 0 aliphatic rings. The maximum Gasteiger partial charge on any atom is 0.343 e. The van der Waals surface area contributed by atoms with Crippen molar-refractivity contribution in [1.82, 2.24) is 0 Å². The van der Waals surface area contributed by atoms with Crippen LogP contribution in [0.1, 0.15) is 15.9 Å². The quantitative estimate of drug-likeness (QED) is 0.482. The Morgan fingerprint density at radius 1 is 0.870 bits per heavy atom. The summed E-state index contributed by atoms with van der Waals surface area (Å²) in [4.78, 5) is 23.0. The van der Waals surface area contributed by atoms with Gasteiger partial charge in [-0.15, -0.1) is 0 Å². The molecular formula is C18H16O5. The van der Waals surface area contributed by atoms with Gasteiger partial charge in [0.25, 0.3) is 0 Å². The standard InChI is InChI=1S/C18H16O5/c1-21-15-10-6-14(7-11-15)18(20)23-16-8-3-13(4-9-16)5-12-17(19)22-2/h3-12H,1-2H3. The predicted molar refractivity (Wildman–Crippen MR) is 85.4 cm³/mol. The molecule has 2 aromatic rings. The van der Waals surface area contributed by atoms with E-state index in [1.165, 1.54) is 13.2 Å². The Bertz CT molecular complexity index is 699. The molecule has 0 radical (unpaired) electrons. The van der Waals surface area contributed by atoms with E-state index in [2.05, 4.69) is 4.74 Å². The Morgan fingerprint density at radius 3 is 2.04 bits per heavy atom. The molecule has 23 heavy (non-hydrogen) atoms. The summed E-state index contributed by atoms with van der Waals surface area (Å²) >= 11 is 0. The summed E-state index contributed by atoms with van der Waals surface area (Å²) in [6.07, 6.45) is 2.93. The number of ether oxygens (including phenoxy) is 3. The fraction of sp³-hybridized carbons (Fsp3) is 0.111. The molecule has 2 rings (SSSR count). The van der Waals surface area contributed by atoms with E-state index in [1.54, 1.807) is 61.7 Å². The number of carbonyl (C=O) groups excluding carboxylic acids is 2. The van der Waals surface area contributed by atoms with Crippen LogP contribution in [-0.2, 0) is 9.53 Å². The molecule has 0 aliphatic heterocycles. The summed E-state index contributed by atoms with van der Waals surface area (Å²) in [6.45, 7) is 0. The normalized spacial score (nSPS) is 10.3. The van der Waals surface area contributed by atoms with E-state index in [9.17, 15) is 9.59 Å². The molecule has 118 valence electrons. The van der Waals surface area contributed by atoms with Crippen LogP contribution in [0.2, 0.25) is 0 Å². The van der Waals surface area contributed by atoms with Gasteiger partial charge in [0.05, 0.1) is 19.8 Å². The van der Waals surface area contributed by atoms with Crippen molar-refractivity contribution < 1.29 is 23.8 Å². The second kappa shape index (κ2) is 7.79. The summed E-state index contributed by atoms with van der Waals surface area (Å²) in [6, 6.07) is 13.4. The first-order valence-corrected chi connectivity index (χ1v) is 6.84. The van der Waals surface area contributed by atoms with Gasteiger partial charge in [-0.05, 0) is 48.0 Å². The summed E-state index contributed by atoms with van der Waals surface area (Å²) in [5.41, 5.74) is 1.22. The first kappa shape index (κ1) is 16.3. The van der Waals surface area contributed by atoms with Gasteiger partial charge < -0.3 is 14.2 Å². The van der Waals surface area contributed by atoms with Crippen molar-refractivity contribution in [2.45, 2.75) is 0 Å². The zero-order valence-corrected chi connectivity index (χ0v) is 12.8. The van der Waals surface area contributed by atoms with E-state index in [0.29, 0.717) is 17.1 Å². The van der Waals surface area contributed by atoms with Crippen LogP contribution < -0.4 is 9.47 Å². The number of esters is 2. The number of rotatable bonds is 5. The average Bonchev–Trinajstić information content (AvgIpc) is 2.60.